The molecular formula is C16H20N4O3S. The van der Waals surface area contributed by atoms with Gasteiger partial charge in [-0.1, -0.05) is 24.3 Å². The first-order valence-electron chi connectivity index (χ1n) is 7.68. The molecule has 0 unspecified atom stereocenters. The molecule has 7 nitrogen and oxygen atoms in total. The van der Waals surface area contributed by atoms with Crippen molar-refractivity contribution in [2.45, 2.75) is 37.8 Å². The molecule has 0 aliphatic carbocycles. The molecule has 0 saturated heterocycles. The topological polar surface area (TPSA) is 95.2 Å². The number of fused-ring (bicyclic) bond motifs is 1. The Kier molecular flexibility index (Phi) is 4.18. The average Bonchev–Trinajstić information content (AvgIpc) is 2.92. The quantitative estimate of drug-likeness (QED) is 0.861. The molecule has 1 atom stereocenters. The third-order valence-electron chi connectivity index (χ3n) is 4.38. The van der Waals surface area contributed by atoms with Crippen LogP contribution >= 0.6 is 0 Å². The maximum absolute atomic E-state index is 13.2. The summed E-state index contributed by atoms with van der Waals surface area (Å²) in [6.07, 6.45) is 0.352. The van der Waals surface area contributed by atoms with Crippen molar-refractivity contribution in [1.29, 1.82) is 0 Å². The van der Waals surface area contributed by atoms with E-state index in [-0.39, 0.29) is 17.3 Å². The number of carbonyl (C=O) groups is 1. The lowest BCUT2D eigenvalue weighted by Crippen LogP contribution is -2.51. The van der Waals surface area contributed by atoms with Crippen LogP contribution in [0.2, 0.25) is 0 Å². The minimum atomic E-state index is -3.85. The van der Waals surface area contributed by atoms with Gasteiger partial charge in [0, 0.05) is 13.6 Å². The summed E-state index contributed by atoms with van der Waals surface area (Å²) in [5.74, 6) is -0.313. The highest BCUT2D eigenvalue weighted by Crippen LogP contribution is 2.31. The summed E-state index contributed by atoms with van der Waals surface area (Å²) in [5, 5.41) is 9.26. The van der Waals surface area contributed by atoms with E-state index in [9.17, 15) is 13.2 Å². The zero-order chi connectivity index (χ0) is 17.5. The first kappa shape index (κ1) is 16.7. The van der Waals surface area contributed by atoms with Gasteiger partial charge in [-0.2, -0.15) is 9.40 Å². The molecule has 0 radical (unpaired) electrons. The molecule has 1 aromatic carbocycles. The fourth-order valence-electron chi connectivity index (χ4n) is 3.18. The smallest absolute Gasteiger partial charge is 0.247 e. The lowest BCUT2D eigenvalue weighted by Gasteiger charge is -2.34. The summed E-state index contributed by atoms with van der Waals surface area (Å²) in [7, 11) is -2.33. The molecule has 1 aromatic heterocycles. The summed E-state index contributed by atoms with van der Waals surface area (Å²) < 4.78 is 27.7. The summed E-state index contributed by atoms with van der Waals surface area (Å²) in [5.41, 5.74) is 2.79. The first-order chi connectivity index (χ1) is 11.4. The van der Waals surface area contributed by atoms with E-state index in [1.54, 1.807) is 13.8 Å². The zero-order valence-electron chi connectivity index (χ0n) is 13.8. The Balaban J connectivity index is 2.11. The number of sulfonamides is 1. The van der Waals surface area contributed by atoms with Crippen LogP contribution in [0.3, 0.4) is 0 Å². The van der Waals surface area contributed by atoms with Gasteiger partial charge in [0.2, 0.25) is 15.9 Å². The van der Waals surface area contributed by atoms with E-state index in [0.717, 1.165) is 11.1 Å². The maximum atomic E-state index is 13.2. The Bertz CT molecular complexity index is 869. The predicted octanol–water partition coefficient (Wildman–Crippen LogP) is 0.888. The van der Waals surface area contributed by atoms with Crippen LogP contribution in [0.4, 0.5) is 0 Å². The van der Waals surface area contributed by atoms with Crippen LogP contribution in [0, 0.1) is 13.8 Å². The Morgan fingerprint density at radius 1 is 1.29 bits per heavy atom. The number of aryl methyl sites for hydroxylation is 2. The van der Waals surface area contributed by atoms with Crippen molar-refractivity contribution in [3.63, 3.8) is 0 Å². The largest absolute Gasteiger partial charge is 0.358 e. The second-order valence-electron chi connectivity index (χ2n) is 5.92. The molecular weight excluding hydrogens is 328 g/mol. The summed E-state index contributed by atoms with van der Waals surface area (Å²) in [6, 6.07) is 6.83. The van der Waals surface area contributed by atoms with Crippen molar-refractivity contribution < 1.29 is 13.2 Å². The van der Waals surface area contributed by atoms with Gasteiger partial charge < -0.3 is 5.32 Å². The molecule has 2 N–H and O–H groups in total. The van der Waals surface area contributed by atoms with Crippen LogP contribution in [0.1, 0.15) is 22.5 Å². The third-order valence-corrected chi connectivity index (χ3v) is 6.50. The highest BCUT2D eigenvalue weighted by atomic mass is 32.2. The molecule has 24 heavy (non-hydrogen) atoms. The lowest BCUT2D eigenvalue weighted by atomic mass is 9.95. The maximum Gasteiger partial charge on any atom is 0.247 e. The van der Waals surface area contributed by atoms with Crippen molar-refractivity contribution in [2.75, 3.05) is 7.05 Å². The summed E-state index contributed by atoms with van der Waals surface area (Å²) in [4.78, 5) is 12.5. The number of nitrogens with one attached hydrogen (secondary N) is 2. The van der Waals surface area contributed by atoms with E-state index in [1.165, 1.54) is 11.4 Å². The minimum absolute atomic E-state index is 0.149. The number of hydrogen-bond donors (Lipinski definition) is 2. The SMILES string of the molecule is CNC(=O)[C@@H]1Cc2ccccc2CN1S(=O)(=O)c1c(C)n[nH]c1C. The van der Waals surface area contributed by atoms with Gasteiger partial charge in [-0.3, -0.25) is 9.89 Å². The zero-order valence-corrected chi connectivity index (χ0v) is 14.6. The lowest BCUT2D eigenvalue weighted by molar-refractivity contribution is -0.124. The molecule has 8 heteroatoms. The van der Waals surface area contributed by atoms with Gasteiger partial charge in [-0.05, 0) is 31.4 Å². The Hall–Kier alpha value is -2.19. The monoisotopic (exact) mass is 348 g/mol. The number of amides is 1. The van der Waals surface area contributed by atoms with Crippen molar-refractivity contribution in [2.24, 2.45) is 0 Å². The third kappa shape index (κ3) is 2.61. The molecule has 1 aliphatic heterocycles. The molecule has 3 rings (SSSR count). The highest BCUT2D eigenvalue weighted by molar-refractivity contribution is 7.89. The number of aromatic nitrogens is 2. The standard InChI is InChI=1S/C16H20N4O3S/c1-10-15(11(2)19-18-10)24(22,23)20-9-13-7-5-4-6-12(13)8-14(20)16(21)17-3/h4-7,14H,8-9H2,1-3H3,(H,17,21)(H,18,19)/t14-/m0/s1. The molecule has 0 fully saturated rings. The van der Waals surface area contributed by atoms with Crippen LogP contribution in [0.5, 0.6) is 0 Å². The van der Waals surface area contributed by atoms with Crippen LogP contribution in [-0.2, 0) is 27.8 Å². The van der Waals surface area contributed by atoms with E-state index >= 15 is 0 Å². The number of aromatic amines is 1. The van der Waals surface area contributed by atoms with Gasteiger partial charge in [-0.15, -0.1) is 0 Å². The van der Waals surface area contributed by atoms with Crippen LogP contribution in [-0.4, -0.2) is 41.9 Å². The van der Waals surface area contributed by atoms with Crippen molar-refractivity contribution >= 4 is 15.9 Å². The van der Waals surface area contributed by atoms with E-state index in [2.05, 4.69) is 15.5 Å². The number of hydrogen-bond acceptors (Lipinski definition) is 4. The van der Waals surface area contributed by atoms with Crippen molar-refractivity contribution in [3.05, 3.63) is 46.8 Å². The van der Waals surface area contributed by atoms with E-state index < -0.39 is 16.1 Å². The molecule has 2 aromatic rings. The van der Waals surface area contributed by atoms with E-state index in [0.29, 0.717) is 17.8 Å². The van der Waals surface area contributed by atoms with Crippen molar-refractivity contribution in [3.8, 4) is 0 Å². The number of H-pyrrole nitrogens is 1. The molecule has 2 heterocycles. The second kappa shape index (κ2) is 6.03. The summed E-state index contributed by atoms with van der Waals surface area (Å²) >= 11 is 0. The number of rotatable bonds is 3. The fourth-order valence-corrected chi connectivity index (χ4v) is 5.08. The molecule has 0 saturated carbocycles. The molecule has 1 amide bonds. The van der Waals surface area contributed by atoms with Gasteiger partial charge in [-0.25, -0.2) is 8.42 Å². The van der Waals surface area contributed by atoms with Crippen molar-refractivity contribution in [1.82, 2.24) is 19.8 Å². The van der Waals surface area contributed by atoms with Gasteiger partial charge in [0.15, 0.2) is 0 Å². The van der Waals surface area contributed by atoms with Crippen LogP contribution < -0.4 is 5.32 Å². The molecule has 128 valence electrons. The normalized spacial score (nSPS) is 18.2. The number of nitrogens with zero attached hydrogens (tertiary/aromatic N) is 2. The van der Waals surface area contributed by atoms with E-state index in [4.69, 9.17) is 0 Å². The van der Waals surface area contributed by atoms with Gasteiger partial charge in [0.1, 0.15) is 10.9 Å². The molecule has 0 spiro atoms. The Labute approximate surface area is 141 Å². The van der Waals surface area contributed by atoms with Gasteiger partial charge in [0.05, 0.1) is 11.4 Å². The van der Waals surface area contributed by atoms with E-state index in [1.807, 2.05) is 24.3 Å². The summed E-state index contributed by atoms with van der Waals surface area (Å²) in [6.45, 7) is 3.48. The average molecular weight is 348 g/mol. The first-order valence-corrected chi connectivity index (χ1v) is 9.12. The molecule has 1 aliphatic rings. The number of likely N-dealkylation sites (N-methyl/N-ethyl adjacent to an activating group) is 1. The number of carbonyl (C=O) groups excluding carboxylic acids is 1. The minimum Gasteiger partial charge on any atom is -0.358 e. The Morgan fingerprint density at radius 2 is 1.96 bits per heavy atom. The van der Waals surface area contributed by atoms with Crippen LogP contribution in [0.25, 0.3) is 0 Å². The fraction of sp³-hybridized carbons (Fsp3) is 0.375. The van der Waals surface area contributed by atoms with Gasteiger partial charge in [0.25, 0.3) is 0 Å². The number of benzene rings is 1. The van der Waals surface area contributed by atoms with Crippen LogP contribution in [0.15, 0.2) is 29.2 Å². The Morgan fingerprint density at radius 3 is 2.54 bits per heavy atom. The highest BCUT2D eigenvalue weighted by Gasteiger charge is 2.41. The van der Waals surface area contributed by atoms with Gasteiger partial charge >= 0.3 is 0 Å². The molecule has 0 bridgehead atoms. The second-order valence-corrected chi connectivity index (χ2v) is 7.74. The predicted molar refractivity (Wildman–Crippen MR) is 88.8 cm³/mol.